The number of hydrogen-bond donors (Lipinski definition) is 3. The summed E-state index contributed by atoms with van der Waals surface area (Å²) in [5.41, 5.74) is 3.86. The number of rotatable bonds is 12. The number of fused-ring (bicyclic) bond motifs is 9. The zero-order valence-electron chi connectivity index (χ0n) is 40.7. The second-order valence-corrected chi connectivity index (χ2v) is 20.0. The molecule has 16 heteroatoms. The second kappa shape index (κ2) is 24.5. The maximum absolute atomic E-state index is 13.6. The van der Waals surface area contributed by atoms with Gasteiger partial charge in [-0.05, 0) is 75.1 Å². The normalized spacial score (nSPS) is 36.1. The number of aromatic nitrogens is 2. The molecule has 7 rings (SSSR count). The molecule has 5 aliphatic heterocycles. The average Bonchev–Trinajstić information content (AvgIpc) is 3.96. The van der Waals surface area contributed by atoms with Crippen molar-refractivity contribution in [3.63, 3.8) is 0 Å². The molecule has 5 aliphatic rings. The highest BCUT2D eigenvalue weighted by Crippen LogP contribution is 2.40. The first-order chi connectivity index (χ1) is 33.1. The fourth-order valence-electron chi connectivity index (χ4n) is 10.4. The molecule has 0 saturated carbocycles. The number of nitrogens with zero attached hydrogens (tertiary/aromatic N) is 2. The molecular formula is C53H71BrN2O13. The SMILES string of the molecule is C=C1C[C@@H]2C[C@@H]3C[C@@H](O)CC(O3)c3coc(n3)/C=C/C[C@H]3O[C@@H](/C(C)=C/c4coc(C[C@]5(O)CC(OC)C[C@H]([C@H](O)/C=C(C)/C=C/C(C/C=C/Br)OC)O5)n4)[C@H](C)[C@@H](OC(=O)/C=C\C[C@@H](C1)O2)[C@H]3C. The van der Waals surface area contributed by atoms with Crippen LogP contribution in [0.15, 0.2) is 92.2 Å². The van der Waals surface area contributed by atoms with Crippen LogP contribution in [0.5, 0.6) is 0 Å². The molecule has 8 bridgehead atoms. The van der Waals surface area contributed by atoms with Crippen molar-refractivity contribution in [3.8, 4) is 0 Å². The third-order valence-corrected chi connectivity index (χ3v) is 14.2. The van der Waals surface area contributed by atoms with Gasteiger partial charge in [-0.25, -0.2) is 14.8 Å². The zero-order valence-corrected chi connectivity index (χ0v) is 42.3. The lowest BCUT2D eigenvalue weighted by Crippen LogP contribution is -2.51. The molecule has 69 heavy (non-hydrogen) atoms. The predicted octanol–water partition coefficient (Wildman–Crippen LogP) is 8.76. The van der Waals surface area contributed by atoms with E-state index >= 15 is 0 Å². The van der Waals surface area contributed by atoms with Crippen molar-refractivity contribution < 1.29 is 62.1 Å². The van der Waals surface area contributed by atoms with Gasteiger partial charge in [0.1, 0.15) is 36.1 Å². The number of oxazole rings is 2. The number of carbonyl (C=O) groups excluding carboxylic acids is 1. The van der Waals surface area contributed by atoms with Crippen molar-refractivity contribution in [2.24, 2.45) is 11.8 Å². The van der Waals surface area contributed by atoms with E-state index < -0.39 is 48.4 Å². The second-order valence-electron chi connectivity index (χ2n) is 19.5. The number of ether oxygens (including phenoxy) is 7. The van der Waals surface area contributed by atoms with Crippen LogP contribution in [-0.4, -0.2) is 118 Å². The fourth-order valence-corrected chi connectivity index (χ4v) is 10.6. The van der Waals surface area contributed by atoms with E-state index in [-0.39, 0.29) is 67.2 Å². The van der Waals surface area contributed by atoms with Crippen molar-refractivity contribution in [1.82, 2.24) is 9.97 Å². The van der Waals surface area contributed by atoms with Crippen molar-refractivity contribution in [1.29, 1.82) is 0 Å². The number of methoxy groups -OCH3 is 2. The average molecular weight is 1020 g/mol. The summed E-state index contributed by atoms with van der Waals surface area (Å²) in [4.78, 5) is 24.8. The highest BCUT2D eigenvalue weighted by molar-refractivity contribution is 9.11. The van der Waals surface area contributed by atoms with Crippen LogP contribution < -0.4 is 0 Å². The lowest BCUT2D eigenvalue weighted by atomic mass is 9.79. The Morgan fingerprint density at radius 3 is 2.57 bits per heavy atom. The molecular weight excluding hydrogens is 952 g/mol. The molecule has 0 radical (unpaired) electrons. The molecule has 3 N–H and O–H groups in total. The van der Waals surface area contributed by atoms with E-state index in [1.807, 2.05) is 64.2 Å². The van der Waals surface area contributed by atoms with E-state index in [9.17, 15) is 20.1 Å². The van der Waals surface area contributed by atoms with Gasteiger partial charge < -0.3 is 57.3 Å². The van der Waals surface area contributed by atoms with Gasteiger partial charge in [0.2, 0.25) is 5.89 Å². The van der Waals surface area contributed by atoms with Crippen molar-refractivity contribution >= 4 is 34.1 Å². The number of aliphatic hydroxyl groups is 3. The first-order valence-electron chi connectivity index (χ1n) is 24.3. The van der Waals surface area contributed by atoms with E-state index in [1.54, 1.807) is 37.6 Å². The van der Waals surface area contributed by atoms with Crippen molar-refractivity contribution in [3.05, 3.63) is 107 Å². The van der Waals surface area contributed by atoms with Crippen LogP contribution >= 0.6 is 15.9 Å². The van der Waals surface area contributed by atoms with Gasteiger partial charge in [0.25, 0.3) is 0 Å². The molecule has 15 atom stereocenters. The van der Waals surface area contributed by atoms with Crippen LogP contribution in [0.2, 0.25) is 0 Å². The number of aliphatic hydroxyl groups excluding tert-OH is 2. The van der Waals surface area contributed by atoms with Crippen LogP contribution in [0, 0.1) is 11.8 Å². The Balaban J connectivity index is 1.06. The van der Waals surface area contributed by atoms with Crippen LogP contribution in [-0.2, 0) is 44.4 Å². The maximum atomic E-state index is 13.6. The number of hydrogen-bond acceptors (Lipinski definition) is 15. The third kappa shape index (κ3) is 14.6. The van der Waals surface area contributed by atoms with Gasteiger partial charge in [-0.3, -0.25) is 0 Å². The summed E-state index contributed by atoms with van der Waals surface area (Å²) in [7, 11) is 3.22. The molecule has 378 valence electrons. The van der Waals surface area contributed by atoms with Gasteiger partial charge in [0.15, 0.2) is 11.7 Å². The molecule has 0 aliphatic carbocycles. The fraction of sp³-hybridized carbons (Fsp3) is 0.604. The summed E-state index contributed by atoms with van der Waals surface area (Å²) in [6.07, 6.45) is 19.5. The Morgan fingerprint density at radius 2 is 1.78 bits per heavy atom. The largest absolute Gasteiger partial charge is 0.458 e. The standard InChI is InChI=1S/C53H71BrN2O13/c1-31(16-17-38(61-6)12-10-18-54)21-44(58)47-26-42(62-7)27-53(60,69-47)28-49-55-36(29-63-49)22-33(3)51-35(5)52-34(4)45(67-51)13-9-14-48-56-43(30-64-48)46-24-37(57)23-41(66-46)25-40-20-32(2)19-39(65-40)11-8-15-50(59)68-52/h8-10,14-18,21-22,29-30,34-35,37-42,44-47,51-52,57-58,60H,2,11-13,19-20,23-28H2,1,3-7H3/b14-9+,15-8-,17-16+,18-10+,31-21+,33-22+/t34-,35-,37+,38?,39-,40+,41-,42?,44+,45+,46?,47+,51-,52-,53-/m0/s1. The molecule has 2 aromatic heterocycles. The molecule has 7 heterocycles. The van der Waals surface area contributed by atoms with Gasteiger partial charge in [0, 0.05) is 57.8 Å². The Morgan fingerprint density at radius 1 is 0.986 bits per heavy atom. The minimum Gasteiger partial charge on any atom is -0.458 e. The molecule has 0 aromatic carbocycles. The Bertz CT molecular complexity index is 2210. The minimum atomic E-state index is -1.73. The van der Waals surface area contributed by atoms with Gasteiger partial charge in [-0.2, -0.15) is 0 Å². The van der Waals surface area contributed by atoms with E-state index in [0.717, 1.165) is 16.7 Å². The summed E-state index contributed by atoms with van der Waals surface area (Å²) in [5, 5.41) is 33.9. The van der Waals surface area contributed by atoms with Gasteiger partial charge in [-0.1, -0.05) is 84.0 Å². The summed E-state index contributed by atoms with van der Waals surface area (Å²) in [6, 6.07) is 0. The summed E-state index contributed by atoms with van der Waals surface area (Å²) >= 11 is 3.28. The topological polar surface area (TPSA) is 194 Å². The zero-order chi connectivity index (χ0) is 49.2. The number of halogens is 1. The van der Waals surface area contributed by atoms with E-state index in [0.29, 0.717) is 75.1 Å². The maximum Gasteiger partial charge on any atom is 0.330 e. The highest BCUT2D eigenvalue weighted by Gasteiger charge is 2.45. The number of carbonyl (C=O) groups is 1. The van der Waals surface area contributed by atoms with Gasteiger partial charge >= 0.3 is 5.97 Å². The minimum absolute atomic E-state index is 0.0830. The van der Waals surface area contributed by atoms with Crippen LogP contribution in [0.3, 0.4) is 0 Å². The first kappa shape index (κ1) is 53.0. The van der Waals surface area contributed by atoms with Crippen molar-refractivity contribution in [2.75, 3.05) is 14.2 Å². The summed E-state index contributed by atoms with van der Waals surface area (Å²) in [6.45, 7) is 12.2. The van der Waals surface area contributed by atoms with Gasteiger partial charge in [0.05, 0.1) is 67.5 Å². The summed E-state index contributed by atoms with van der Waals surface area (Å²) in [5.74, 6) is -1.95. The monoisotopic (exact) mass is 1020 g/mol. The van der Waals surface area contributed by atoms with Crippen LogP contribution in [0.25, 0.3) is 12.2 Å². The Hall–Kier alpha value is -3.81. The Kier molecular flexibility index (Phi) is 18.9. The van der Waals surface area contributed by atoms with Crippen LogP contribution in [0.4, 0.5) is 0 Å². The smallest absolute Gasteiger partial charge is 0.330 e. The number of allylic oxidation sites excluding steroid dienone is 2. The molecule has 2 aromatic rings. The molecule has 15 nitrogen and oxygen atoms in total. The third-order valence-electron chi connectivity index (χ3n) is 13.9. The van der Waals surface area contributed by atoms with E-state index in [1.165, 1.54) is 12.3 Å². The highest BCUT2D eigenvalue weighted by atomic mass is 79.9. The first-order valence-corrected chi connectivity index (χ1v) is 25.2. The molecule has 4 saturated heterocycles. The van der Waals surface area contributed by atoms with Gasteiger partial charge in [-0.15, -0.1) is 0 Å². The molecule has 0 spiro atoms. The lowest BCUT2D eigenvalue weighted by Gasteiger charge is -2.44. The van der Waals surface area contributed by atoms with E-state index in [2.05, 4.69) is 22.5 Å². The molecule has 4 fully saturated rings. The number of esters is 1. The lowest BCUT2D eigenvalue weighted by molar-refractivity contribution is -0.286. The van der Waals surface area contributed by atoms with E-state index in [4.69, 9.17) is 52.0 Å². The molecule has 0 amide bonds. The predicted molar refractivity (Wildman–Crippen MR) is 261 cm³/mol. The Labute approximate surface area is 414 Å². The summed E-state index contributed by atoms with van der Waals surface area (Å²) < 4.78 is 55.2. The quantitative estimate of drug-likeness (QED) is 0.104. The van der Waals surface area contributed by atoms with Crippen molar-refractivity contribution in [2.45, 2.75) is 177 Å². The molecule has 3 unspecified atom stereocenters. The van der Waals surface area contributed by atoms with Crippen LogP contribution in [0.1, 0.15) is 121 Å².